The quantitative estimate of drug-likeness (QED) is 0.721. The fourth-order valence-corrected chi connectivity index (χ4v) is 3.57. The van der Waals surface area contributed by atoms with E-state index in [1.165, 1.54) is 18.2 Å². The van der Waals surface area contributed by atoms with Crippen molar-refractivity contribution < 1.29 is 27.0 Å². The Morgan fingerprint density at radius 1 is 1.13 bits per heavy atom. The van der Waals surface area contributed by atoms with Gasteiger partial charge in [-0.25, -0.2) is 9.37 Å². The summed E-state index contributed by atoms with van der Waals surface area (Å²) in [5.74, 6) is -0.842. The van der Waals surface area contributed by atoms with E-state index in [2.05, 4.69) is 15.3 Å². The molecule has 164 valence electrons. The number of anilines is 1. The SMILES string of the molecule is Cl.Fc1cccc(Oc2cc(C(F)(F)F)nc(N3CCC4(CC3)COCCN4)n2)c1. The van der Waals surface area contributed by atoms with E-state index < -0.39 is 17.7 Å². The zero-order valence-electron chi connectivity index (χ0n) is 15.9. The predicted octanol–water partition coefficient (Wildman–Crippen LogP) is 3.81. The van der Waals surface area contributed by atoms with Crippen molar-refractivity contribution in [2.45, 2.75) is 24.6 Å². The van der Waals surface area contributed by atoms with Crippen LogP contribution in [0.25, 0.3) is 0 Å². The largest absolute Gasteiger partial charge is 0.439 e. The van der Waals surface area contributed by atoms with Gasteiger partial charge >= 0.3 is 6.18 Å². The molecule has 0 amide bonds. The molecular weight excluding hydrogens is 428 g/mol. The second-order valence-corrected chi connectivity index (χ2v) is 7.20. The van der Waals surface area contributed by atoms with Crippen molar-refractivity contribution in [3.63, 3.8) is 0 Å². The molecule has 1 N–H and O–H groups in total. The Bertz CT molecular complexity index is 868. The van der Waals surface area contributed by atoms with E-state index in [0.717, 1.165) is 18.7 Å². The first-order valence-electron chi connectivity index (χ1n) is 9.30. The summed E-state index contributed by atoms with van der Waals surface area (Å²) in [7, 11) is 0. The van der Waals surface area contributed by atoms with E-state index in [9.17, 15) is 17.6 Å². The van der Waals surface area contributed by atoms with Crippen molar-refractivity contribution in [3.05, 3.63) is 41.8 Å². The maximum atomic E-state index is 13.4. The van der Waals surface area contributed by atoms with Gasteiger partial charge in [0, 0.05) is 37.3 Å². The summed E-state index contributed by atoms with van der Waals surface area (Å²) in [6.45, 7) is 2.96. The van der Waals surface area contributed by atoms with Crippen LogP contribution < -0.4 is 15.0 Å². The topological polar surface area (TPSA) is 59.5 Å². The van der Waals surface area contributed by atoms with Gasteiger partial charge in [-0.2, -0.15) is 18.2 Å². The summed E-state index contributed by atoms with van der Waals surface area (Å²) in [5.41, 5.74) is -1.26. The van der Waals surface area contributed by atoms with Crippen molar-refractivity contribution >= 4 is 18.4 Å². The Labute approximate surface area is 177 Å². The lowest BCUT2D eigenvalue weighted by Crippen LogP contribution is -2.59. The minimum Gasteiger partial charge on any atom is -0.439 e. The van der Waals surface area contributed by atoms with Crippen molar-refractivity contribution in [3.8, 4) is 11.6 Å². The van der Waals surface area contributed by atoms with Crippen LogP contribution in [0.2, 0.25) is 0 Å². The molecule has 0 saturated carbocycles. The summed E-state index contributed by atoms with van der Waals surface area (Å²) in [6.07, 6.45) is -3.26. The van der Waals surface area contributed by atoms with Gasteiger partial charge in [0.15, 0.2) is 5.69 Å². The molecule has 2 aliphatic rings. The van der Waals surface area contributed by atoms with Gasteiger partial charge in [-0.15, -0.1) is 12.4 Å². The normalized spacial score (nSPS) is 18.7. The Balaban J connectivity index is 0.00000256. The van der Waals surface area contributed by atoms with Gasteiger partial charge in [0.2, 0.25) is 11.8 Å². The minimum atomic E-state index is -4.66. The fraction of sp³-hybridized carbons (Fsp3) is 0.474. The monoisotopic (exact) mass is 448 g/mol. The molecule has 3 heterocycles. The molecule has 0 bridgehead atoms. The lowest BCUT2D eigenvalue weighted by molar-refractivity contribution is -0.141. The number of aromatic nitrogens is 2. The van der Waals surface area contributed by atoms with Crippen molar-refractivity contribution in [1.29, 1.82) is 0 Å². The van der Waals surface area contributed by atoms with Crippen LogP contribution in [0, 0.1) is 5.82 Å². The lowest BCUT2D eigenvalue weighted by atomic mass is 9.87. The van der Waals surface area contributed by atoms with E-state index in [1.54, 1.807) is 4.90 Å². The Morgan fingerprint density at radius 3 is 2.53 bits per heavy atom. The highest BCUT2D eigenvalue weighted by Gasteiger charge is 2.38. The van der Waals surface area contributed by atoms with Gasteiger partial charge < -0.3 is 19.7 Å². The minimum absolute atomic E-state index is 0. The highest BCUT2D eigenvalue weighted by molar-refractivity contribution is 5.85. The van der Waals surface area contributed by atoms with Crippen molar-refractivity contribution in [1.82, 2.24) is 15.3 Å². The first-order chi connectivity index (χ1) is 13.8. The first kappa shape index (κ1) is 22.5. The molecule has 1 spiro atoms. The Kier molecular flexibility index (Phi) is 6.68. The fourth-order valence-electron chi connectivity index (χ4n) is 3.57. The Morgan fingerprint density at radius 2 is 1.90 bits per heavy atom. The lowest BCUT2D eigenvalue weighted by Gasteiger charge is -2.44. The predicted molar refractivity (Wildman–Crippen MR) is 104 cm³/mol. The van der Waals surface area contributed by atoms with Crippen LogP contribution in [-0.2, 0) is 10.9 Å². The average molecular weight is 449 g/mol. The van der Waals surface area contributed by atoms with Crippen LogP contribution in [0.15, 0.2) is 30.3 Å². The summed E-state index contributed by atoms with van der Waals surface area (Å²) in [6, 6.07) is 5.86. The van der Waals surface area contributed by atoms with Gasteiger partial charge in [0.1, 0.15) is 11.6 Å². The van der Waals surface area contributed by atoms with Crippen LogP contribution in [0.1, 0.15) is 18.5 Å². The molecular formula is C19H21ClF4N4O2. The summed E-state index contributed by atoms with van der Waals surface area (Å²) >= 11 is 0. The molecule has 6 nitrogen and oxygen atoms in total. The summed E-state index contributed by atoms with van der Waals surface area (Å²) < 4.78 is 64.4. The van der Waals surface area contributed by atoms with Crippen LogP contribution in [-0.4, -0.2) is 48.4 Å². The number of hydrogen-bond acceptors (Lipinski definition) is 6. The van der Waals surface area contributed by atoms with Gasteiger partial charge in [0.05, 0.1) is 13.2 Å². The molecule has 2 fully saturated rings. The number of hydrogen-bond donors (Lipinski definition) is 1. The number of benzene rings is 1. The highest BCUT2D eigenvalue weighted by atomic mass is 35.5. The molecule has 2 aromatic rings. The van der Waals surface area contributed by atoms with E-state index in [-0.39, 0.29) is 35.5 Å². The number of ether oxygens (including phenoxy) is 2. The van der Waals surface area contributed by atoms with E-state index in [4.69, 9.17) is 9.47 Å². The second-order valence-electron chi connectivity index (χ2n) is 7.20. The van der Waals surface area contributed by atoms with Crippen LogP contribution in [0.4, 0.5) is 23.5 Å². The third-order valence-electron chi connectivity index (χ3n) is 5.13. The number of nitrogens with one attached hydrogen (secondary N) is 1. The smallest absolute Gasteiger partial charge is 0.433 e. The van der Waals surface area contributed by atoms with E-state index in [1.807, 2.05) is 0 Å². The maximum absolute atomic E-state index is 13.4. The van der Waals surface area contributed by atoms with Gasteiger partial charge in [-0.3, -0.25) is 0 Å². The number of halogens is 5. The highest BCUT2D eigenvalue weighted by Crippen LogP contribution is 2.34. The van der Waals surface area contributed by atoms with Crippen LogP contribution in [0.3, 0.4) is 0 Å². The molecule has 1 aromatic carbocycles. The Hall–Kier alpha value is -2.17. The molecule has 30 heavy (non-hydrogen) atoms. The average Bonchev–Trinajstić information content (AvgIpc) is 2.68. The molecule has 1 aromatic heterocycles. The molecule has 2 saturated heterocycles. The molecule has 4 rings (SSSR count). The number of rotatable bonds is 3. The second kappa shape index (κ2) is 8.91. The van der Waals surface area contributed by atoms with Gasteiger partial charge in [-0.1, -0.05) is 6.07 Å². The zero-order chi connectivity index (χ0) is 20.5. The van der Waals surface area contributed by atoms with Crippen molar-refractivity contribution in [2.24, 2.45) is 0 Å². The first-order valence-corrected chi connectivity index (χ1v) is 9.30. The zero-order valence-corrected chi connectivity index (χ0v) is 16.7. The molecule has 0 unspecified atom stereocenters. The standard InChI is InChI=1S/C19H20F4N4O2.ClH/c20-13-2-1-3-14(10-13)29-16-11-15(19(21,22)23)25-17(26-16)27-7-4-18(5-8-27)12-28-9-6-24-18;/h1-3,10-11,24H,4-9,12H2;1H. The molecule has 0 aliphatic carbocycles. The summed E-state index contributed by atoms with van der Waals surface area (Å²) in [4.78, 5) is 9.56. The van der Waals surface area contributed by atoms with Gasteiger partial charge in [0.25, 0.3) is 0 Å². The van der Waals surface area contributed by atoms with Crippen LogP contribution >= 0.6 is 12.4 Å². The number of nitrogens with zero attached hydrogens (tertiary/aromatic N) is 3. The summed E-state index contributed by atoms with van der Waals surface area (Å²) in [5, 5.41) is 3.46. The number of piperidine rings is 1. The molecule has 2 aliphatic heterocycles. The van der Waals surface area contributed by atoms with E-state index >= 15 is 0 Å². The van der Waals surface area contributed by atoms with Crippen molar-refractivity contribution in [2.75, 3.05) is 37.7 Å². The molecule has 0 radical (unpaired) electrons. The van der Waals surface area contributed by atoms with Crippen LogP contribution in [0.5, 0.6) is 11.6 Å². The molecule has 0 atom stereocenters. The molecule has 11 heteroatoms. The maximum Gasteiger partial charge on any atom is 0.433 e. The van der Waals surface area contributed by atoms with Gasteiger partial charge in [-0.05, 0) is 25.0 Å². The van der Waals surface area contributed by atoms with E-state index in [0.29, 0.717) is 39.1 Å². The number of alkyl halides is 3. The number of morpholine rings is 1. The third-order valence-corrected chi connectivity index (χ3v) is 5.13. The third kappa shape index (κ3) is 5.11.